The lowest BCUT2D eigenvalue weighted by Gasteiger charge is -2.35. The molecule has 1 fully saturated rings. The van der Waals surface area contributed by atoms with E-state index in [4.69, 9.17) is 4.98 Å². The van der Waals surface area contributed by atoms with Crippen LogP contribution in [0.15, 0.2) is 78.9 Å². The second kappa shape index (κ2) is 9.30. The van der Waals surface area contributed by atoms with Gasteiger partial charge in [-0.3, -0.25) is 0 Å². The van der Waals surface area contributed by atoms with E-state index in [0.29, 0.717) is 32.6 Å². The number of carbonyl (C=O) groups is 1. The fourth-order valence-electron chi connectivity index (χ4n) is 4.67. The molecule has 0 unspecified atom stereocenters. The number of para-hydroxylation sites is 1. The van der Waals surface area contributed by atoms with E-state index < -0.39 is 0 Å². The van der Waals surface area contributed by atoms with E-state index in [1.54, 1.807) is 0 Å². The van der Waals surface area contributed by atoms with Gasteiger partial charge in [0.2, 0.25) is 5.95 Å². The standard InChI is InChI=1S/C28H27N7O/c1-20-11-13-22(14-12-20)29-28(36)34-17-15-33(16-18-34)27-30-24-10-6-5-9-23(24)26-32-31-25(35(26)27)19-21-7-3-2-4-8-21/h2-14H,15-19H2,1H3,(H,29,36). The molecule has 36 heavy (non-hydrogen) atoms. The number of nitrogens with zero attached hydrogens (tertiary/aromatic N) is 6. The molecule has 8 heteroatoms. The highest BCUT2D eigenvalue weighted by Crippen LogP contribution is 2.26. The zero-order valence-corrected chi connectivity index (χ0v) is 20.1. The first-order chi connectivity index (χ1) is 17.7. The summed E-state index contributed by atoms with van der Waals surface area (Å²) in [4.78, 5) is 22.0. The highest BCUT2D eigenvalue weighted by molar-refractivity contribution is 5.92. The summed E-state index contributed by atoms with van der Waals surface area (Å²) in [6.07, 6.45) is 0.661. The third-order valence-electron chi connectivity index (χ3n) is 6.65. The Labute approximate surface area is 209 Å². The van der Waals surface area contributed by atoms with E-state index in [-0.39, 0.29) is 6.03 Å². The maximum absolute atomic E-state index is 12.9. The van der Waals surface area contributed by atoms with Gasteiger partial charge in [0.1, 0.15) is 5.82 Å². The molecule has 1 N–H and O–H groups in total. The minimum Gasteiger partial charge on any atom is -0.338 e. The fourth-order valence-corrected chi connectivity index (χ4v) is 4.67. The van der Waals surface area contributed by atoms with Crippen LogP contribution in [-0.2, 0) is 6.42 Å². The lowest BCUT2D eigenvalue weighted by Crippen LogP contribution is -2.50. The van der Waals surface area contributed by atoms with Crippen LogP contribution < -0.4 is 10.2 Å². The highest BCUT2D eigenvalue weighted by Gasteiger charge is 2.25. The normalized spacial score (nSPS) is 13.9. The van der Waals surface area contributed by atoms with Gasteiger partial charge in [0, 0.05) is 43.7 Å². The molecule has 0 spiro atoms. The monoisotopic (exact) mass is 477 g/mol. The lowest BCUT2D eigenvalue weighted by atomic mass is 10.1. The van der Waals surface area contributed by atoms with Crippen molar-refractivity contribution in [3.05, 3.63) is 95.8 Å². The number of urea groups is 1. The number of anilines is 2. The average Bonchev–Trinajstić information content (AvgIpc) is 3.34. The minimum atomic E-state index is -0.0795. The molecule has 0 radical (unpaired) electrons. The summed E-state index contributed by atoms with van der Waals surface area (Å²) in [5.74, 6) is 1.67. The van der Waals surface area contributed by atoms with Gasteiger partial charge in [-0.25, -0.2) is 14.2 Å². The lowest BCUT2D eigenvalue weighted by molar-refractivity contribution is 0.208. The minimum absolute atomic E-state index is 0.0795. The van der Waals surface area contributed by atoms with Gasteiger partial charge in [-0.2, -0.15) is 0 Å². The molecule has 5 aromatic rings. The first-order valence-corrected chi connectivity index (χ1v) is 12.2. The van der Waals surface area contributed by atoms with Crippen molar-refractivity contribution in [1.29, 1.82) is 0 Å². The van der Waals surface area contributed by atoms with Crippen molar-refractivity contribution in [3.63, 3.8) is 0 Å². The number of hydrogen-bond donors (Lipinski definition) is 1. The van der Waals surface area contributed by atoms with Gasteiger partial charge in [0.05, 0.1) is 5.52 Å². The molecule has 8 nitrogen and oxygen atoms in total. The first-order valence-electron chi connectivity index (χ1n) is 12.2. The van der Waals surface area contributed by atoms with Gasteiger partial charge in [0.15, 0.2) is 5.65 Å². The number of nitrogens with one attached hydrogen (secondary N) is 1. The van der Waals surface area contributed by atoms with Crippen LogP contribution in [0, 0.1) is 6.92 Å². The Bertz CT molecular complexity index is 1520. The number of benzene rings is 3. The summed E-state index contributed by atoms with van der Waals surface area (Å²) >= 11 is 0. The molecule has 3 heterocycles. The third kappa shape index (κ3) is 4.22. The van der Waals surface area contributed by atoms with Crippen molar-refractivity contribution in [2.45, 2.75) is 13.3 Å². The Balaban J connectivity index is 1.28. The topological polar surface area (TPSA) is 78.7 Å². The molecule has 0 atom stereocenters. The van der Waals surface area contributed by atoms with E-state index in [2.05, 4.69) is 36.9 Å². The van der Waals surface area contributed by atoms with Gasteiger partial charge in [-0.05, 0) is 36.8 Å². The summed E-state index contributed by atoms with van der Waals surface area (Å²) < 4.78 is 2.08. The smallest absolute Gasteiger partial charge is 0.321 e. The average molecular weight is 478 g/mol. The molecule has 3 aromatic carbocycles. The number of carbonyl (C=O) groups excluding carboxylic acids is 1. The maximum atomic E-state index is 12.9. The summed E-state index contributed by atoms with van der Waals surface area (Å²) in [6, 6.07) is 26.1. The Morgan fingerprint density at radius 3 is 2.36 bits per heavy atom. The number of hydrogen-bond acceptors (Lipinski definition) is 5. The number of aromatic nitrogens is 4. The highest BCUT2D eigenvalue weighted by atomic mass is 16.2. The molecule has 1 aliphatic heterocycles. The molecule has 0 aliphatic carbocycles. The van der Waals surface area contributed by atoms with E-state index >= 15 is 0 Å². The number of fused-ring (bicyclic) bond motifs is 3. The van der Waals surface area contributed by atoms with Gasteiger partial charge in [0.25, 0.3) is 0 Å². The number of aryl methyl sites for hydroxylation is 1. The fraction of sp³-hybridized carbons (Fsp3) is 0.214. The molecule has 2 amide bonds. The third-order valence-corrected chi connectivity index (χ3v) is 6.65. The quantitative estimate of drug-likeness (QED) is 0.411. The van der Waals surface area contributed by atoms with Crippen LogP contribution in [0.3, 0.4) is 0 Å². The molecule has 0 bridgehead atoms. The van der Waals surface area contributed by atoms with Crippen LogP contribution in [0.4, 0.5) is 16.4 Å². The Morgan fingerprint density at radius 1 is 0.861 bits per heavy atom. The molecule has 6 rings (SSSR count). The van der Waals surface area contributed by atoms with Crippen LogP contribution in [0.5, 0.6) is 0 Å². The van der Waals surface area contributed by atoms with Gasteiger partial charge < -0.3 is 15.1 Å². The van der Waals surface area contributed by atoms with Crippen LogP contribution >= 0.6 is 0 Å². The van der Waals surface area contributed by atoms with Crippen LogP contribution in [0.2, 0.25) is 0 Å². The summed E-state index contributed by atoms with van der Waals surface area (Å²) in [5, 5.41) is 13.1. The van der Waals surface area contributed by atoms with Crippen molar-refractivity contribution >= 4 is 34.2 Å². The molecule has 2 aromatic heterocycles. The molecule has 1 saturated heterocycles. The van der Waals surface area contributed by atoms with Crippen molar-refractivity contribution < 1.29 is 4.79 Å². The predicted molar refractivity (Wildman–Crippen MR) is 142 cm³/mol. The molecule has 180 valence electrons. The van der Waals surface area contributed by atoms with Gasteiger partial charge >= 0.3 is 6.03 Å². The van der Waals surface area contributed by atoms with E-state index in [1.165, 1.54) is 5.56 Å². The SMILES string of the molecule is Cc1ccc(NC(=O)N2CCN(c3nc4ccccc4c4nnc(Cc5ccccc5)n34)CC2)cc1. The summed E-state index contributed by atoms with van der Waals surface area (Å²) in [5.41, 5.74) is 4.83. The first kappa shape index (κ1) is 22.0. The van der Waals surface area contributed by atoms with Gasteiger partial charge in [-0.1, -0.05) is 60.2 Å². The number of piperazine rings is 1. The van der Waals surface area contributed by atoms with Crippen molar-refractivity contribution in [2.24, 2.45) is 0 Å². The summed E-state index contributed by atoms with van der Waals surface area (Å²) in [7, 11) is 0. The molecule has 1 aliphatic rings. The van der Waals surface area contributed by atoms with Crippen molar-refractivity contribution in [2.75, 3.05) is 36.4 Å². The second-order valence-electron chi connectivity index (χ2n) is 9.14. The molecule has 0 saturated carbocycles. The summed E-state index contributed by atoms with van der Waals surface area (Å²) in [6.45, 7) is 4.58. The second-order valence-corrected chi connectivity index (χ2v) is 9.14. The van der Waals surface area contributed by atoms with E-state index in [0.717, 1.165) is 39.6 Å². The predicted octanol–water partition coefficient (Wildman–Crippen LogP) is 4.53. The maximum Gasteiger partial charge on any atom is 0.321 e. The van der Waals surface area contributed by atoms with Gasteiger partial charge in [-0.15, -0.1) is 10.2 Å². The molecular formula is C28H27N7O. The molecular weight excluding hydrogens is 450 g/mol. The zero-order chi connectivity index (χ0) is 24.5. The zero-order valence-electron chi connectivity index (χ0n) is 20.1. The Morgan fingerprint density at radius 2 is 1.58 bits per heavy atom. The van der Waals surface area contributed by atoms with Crippen LogP contribution in [0.1, 0.15) is 17.0 Å². The number of amides is 2. The largest absolute Gasteiger partial charge is 0.338 e. The van der Waals surface area contributed by atoms with Crippen molar-refractivity contribution in [1.82, 2.24) is 24.5 Å². The number of rotatable bonds is 4. The van der Waals surface area contributed by atoms with Crippen molar-refractivity contribution in [3.8, 4) is 0 Å². The van der Waals surface area contributed by atoms with E-state index in [9.17, 15) is 4.79 Å². The Hall–Kier alpha value is -4.46. The Kier molecular flexibility index (Phi) is 5.69. The van der Waals surface area contributed by atoms with E-state index in [1.807, 2.05) is 78.6 Å². The van der Waals surface area contributed by atoms with Crippen LogP contribution in [0.25, 0.3) is 16.6 Å². The van der Waals surface area contributed by atoms with Crippen LogP contribution in [-0.4, -0.2) is 56.7 Å².